The van der Waals surface area contributed by atoms with Gasteiger partial charge in [-0.25, -0.2) is 0 Å². The number of anilines is 1. The van der Waals surface area contributed by atoms with Crippen molar-refractivity contribution in [3.8, 4) is 5.75 Å². The number of alkyl halides is 2. The Hall–Kier alpha value is -1.43. The number of ether oxygens (including phenoxy) is 1. The van der Waals surface area contributed by atoms with Gasteiger partial charge in [-0.15, -0.1) is 0 Å². The van der Waals surface area contributed by atoms with Crippen LogP contribution in [0.5, 0.6) is 5.75 Å². The number of unbranched alkanes of at least 4 members (excludes halogenated alkanes) is 1. The van der Waals surface area contributed by atoms with Crippen LogP contribution < -0.4 is 15.4 Å². The van der Waals surface area contributed by atoms with E-state index >= 15 is 0 Å². The van der Waals surface area contributed by atoms with Crippen molar-refractivity contribution >= 4 is 23.0 Å². The summed E-state index contributed by atoms with van der Waals surface area (Å²) >= 11 is 5.08. The summed E-state index contributed by atoms with van der Waals surface area (Å²) in [7, 11) is 0. The van der Waals surface area contributed by atoms with Crippen LogP contribution in [-0.4, -0.2) is 18.3 Å². The SMILES string of the molecule is CCCCNC(=S)Nc1ccc(OC(F)F)cc1. The maximum atomic E-state index is 11.9. The number of rotatable bonds is 6. The minimum absolute atomic E-state index is 0.125. The molecule has 0 heterocycles. The van der Waals surface area contributed by atoms with E-state index in [1.807, 2.05) is 0 Å². The smallest absolute Gasteiger partial charge is 0.387 e. The Morgan fingerprint density at radius 2 is 2.00 bits per heavy atom. The Morgan fingerprint density at radius 3 is 2.56 bits per heavy atom. The van der Waals surface area contributed by atoms with Crippen LogP contribution in [0.4, 0.5) is 14.5 Å². The Kier molecular flexibility index (Phi) is 6.35. The number of hydrogen-bond donors (Lipinski definition) is 2. The number of nitrogens with one attached hydrogen (secondary N) is 2. The predicted octanol–water partition coefficient (Wildman–Crippen LogP) is 3.37. The molecule has 0 unspecified atom stereocenters. The van der Waals surface area contributed by atoms with Gasteiger partial charge in [0, 0.05) is 12.2 Å². The van der Waals surface area contributed by atoms with Crippen LogP contribution in [0, 0.1) is 0 Å². The lowest BCUT2D eigenvalue weighted by Crippen LogP contribution is -2.29. The van der Waals surface area contributed by atoms with Crippen LogP contribution in [-0.2, 0) is 0 Å². The molecule has 0 saturated carbocycles. The highest BCUT2D eigenvalue weighted by Crippen LogP contribution is 2.17. The van der Waals surface area contributed by atoms with Crippen LogP contribution in [0.25, 0.3) is 0 Å². The molecule has 0 radical (unpaired) electrons. The summed E-state index contributed by atoms with van der Waals surface area (Å²) in [5.74, 6) is 0.125. The molecule has 1 aromatic rings. The first-order chi connectivity index (χ1) is 8.61. The zero-order valence-corrected chi connectivity index (χ0v) is 10.9. The van der Waals surface area contributed by atoms with E-state index in [-0.39, 0.29) is 5.75 Å². The predicted molar refractivity (Wildman–Crippen MR) is 72.2 cm³/mol. The van der Waals surface area contributed by atoms with Crippen LogP contribution >= 0.6 is 12.2 Å². The molecule has 0 aliphatic heterocycles. The van der Waals surface area contributed by atoms with E-state index in [0.29, 0.717) is 5.11 Å². The number of thiocarbonyl (C=S) groups is 1. The van der Waals surface area contributed by atoms with E-state index in [0.717, 1.165) is 25.1 Å². The quantitative estimate of drug-likeness (QED) is 0.615. The van der Waals surface area contributed by atoms with Crippen LogP contribution in [0.15, 0.2) is 24.3 Å². The van der Waals surface area contributed by atoms with Gasteiger partial charge in [0.1, 0.15) is 5.75 Å². The molecule has 0 aliphatic rings. The Balaban J connectivity index is 2.40. The number of halogens is 2. The summed E-state index contributed by atoms with van der Waals surface area (Å²) < 4.78 is 28.1. The van der Waals surface area contributed by atoms with Gasteiger partial charge in [-0.05, 0) is 42.9 Å². The van der Waals surface area contributed by atoms with Gasteiger partial charge in [0.05, 0.1) is 0 Å². The summed E-state index contributed by atoms with van der Waals surface area (Å²) in [6, 6.07) is 6.18. The summed E-state index contributed by atoms with van der Waals surface area (Å²) in [5, 5.41) is 6.53. The molecule has 0 bridgehead atoms. The van der Waals surface area contributed by atoms with E-state index in [9.17, 15) is 8.78 Å². The molecule has 0 aliphatic carbocycles. The highest BCUT2D eigenvalue weighted by Gasteiger charge is 2.03. The second-order valence-electron chi connectivity index (χ2n) is 3.64. The highest BCUT2D eigenvalue weighted by molar-refractivity contribution is 7.80. The second-order valence-corrected chi connectivity index (χ2v) is 4.05. The Morgan fingerprint density at radius 1 is 1.33 bits per heavy atom. The maximum absolute atomic E-state index is 11.9. The van der Waals surface area contributed by atoms with E-state index in [4.69, 9.17) is 12.2 Å². The summed E-state index contributed by atoms with van der Waals surface area (Å²) in [4.78, 5) is 0. The normalized spacial score (nSPS) is 10.2. The fraction of sp³-hybridized carbons (Fsp3) is 0.417. The molecule has 0 amide bonds. The molecule has 6 heteroatoms. The molecule has 2 N–H and O–H groups in total. The fourth-order valence-electron chi connectivity index (χ4n) is 1.27. The van der Waals surface area contributed by atoms with E-state index in [1.165, 1.54) is 12.1 Å². The largest absolute Gasteiger partial charge is 0.435 e. The molecule has 100 valence electrons. The van der Waals surface area contributed by atoms with Crippen molar-refractivity contribution in [2.24, 2.45) is 0 Å². The molecule has 3 nitrogen and oxygen atoms in total. The topological polar surface area (TPSA) is 33.3 Å². The van der Waals surface area contributed by atoms with E-state index < -0.39 is 6.61 Å². The average molecular weight is 274 g/mol. The lowest BCUT2D eigenvalue weighted by Gasteiger charge is -2.10. The van der Waals surface area contributed by atoms with Crippen molar-refractivity contribution in [2.75, 3.05) is 11.9 Å². The highest BCUT2D eigenvalue weighted by atomic mass is 32.1. The van der Waals surface area contributed by atoms with Crippen LogP contribution in [0.3, 0.4) is 0 Å². The first-order valence-corrected chi connectivity index (χ1v) is 6.12. The lowest BCUT2D eigenvalue weighted by atomic mass is 10.3. The molecule has 0 aromatic heterocycles. The molecular weight excluding hydrogens is 258 g/mol. The third-order valence-corrected chi connectivity index (χ3v) is 2.40. The zero-order valence-electron chi connectivity index (χ0n) is 10.1. The summed E-state index contributed by atoms with van der Waals surface area (Å²) in [6.07, 6.45) is 2.14. The number of benzene rings is 1. The minimum atomic E-state index is -2.81. The van der Waals surface area contributed by atoms with Crippen molar-refractivity contribution in [3.05, 3.63) is 24.3 Å². The van der Waals surface area contributed by atoms with Gasteiger partial charge in [-0.2, -0.15) is 8.78 Å². The molecule has 18 heavy (non-hydrogen) atoms. The molecule has 0 saturated heterocycles. The van der Waals surface area contributed by atoms with E-state index in [2.05, 4.69) is 22.3 Å². The number of hydrogen-bond acceptors (Lipinski definition) is 2. The Bertz CT molecular complexity index is 371. The van der Waals surface area contributed by atoms with Gasteiger partial charge in [0.15, 0.2) is 5.11 Å². The molecule has 0 fully saturated rings. The van der Waals surface area contributed by atoms with Crippen LogP contribution in [0.1, 0.15) is 19.8 Å². The van der Waals surface area contributed by atoms with Gasteiger partial charge >= 0.3 is 6.61 Å². The molecule has 0 atom stereocenters. The van der Waals surface area contributed by atoms with Crippen molar-refractivity contribution in [1.29, 1.82) is 0 Å². The fourth-order valence-corrected chi connectivity index (χ4v) is 1.49. The Labute approximate surface area is 111 Å². The van der Waals surface area contributed by atoms with Gasteiger partial charge in [0.25, 0.3) is 0 Å². The van der Waals surface area contributed by atoms with Gasteiger partial charge in [0.2, 0.25) is 0 Å². The molecular formula is C12H16F2N2OS. The molecule has 1 aromatic carbocycles. The third-order valence-electron chi connectivity index (χ3n) is 2.15. The lowest BCUT2D eigenvalue weighted by molar-refractivity contribution is -0.0498. The third kappa shape index (κ3) is 5.77. The van der Waals surface area contributed by atoms with Crippen molar-refractivity contribution in [2.45, 2.75) is 26.4 Å². The molecule has 1 rings (SSSR count). The van der Waals surface area contributed by atoms with E-state index in [1.54, 1.807) is 12.1 Å². The van der Waals surface area contributed by atoms with Crippen molar-refractivity contribution in [1.82, 2.24) is 5.32 Å². The van der Waals surface area contributed by atoms with Gasteiger partial charge < -0.3 is 15.4 Å². The average Bonchev–Trinajstić information content (AvgIpc) is 2.31. The maximum Gasteiger partial charge on any atom is 0.387 e. The standard InChI is InChI=1S/C12H16F2N2OS/c1-2-3-8-15-12(18)16-9-4-6-10(7-5-9)17-11(13)14/h4-7,11H,2-3,8H2,1H3,(H2,15,16,18). The first-order valence-electron chi connectivity index (χ1n) is 5.71. The van der Waals surface area contributed by atoms with Gasteiger partial charge in [-0.1, -0.05) is 13.3 Å². The van der Waals surface area contributed by atoms with Crippen molar-refractivity contribution in [3.63, 3.8) is 0 Å². The monoisotopic (exact) mass is 274 g/mol. The molecule has 0 spiro atoms. The first kappa shape index (κ1) is 14.6. The minimum Gasteiger partial charge on any atom is -0.435 e. The zero-order chi connectivity index (χ0) is 13.4. The van der Waals surface area contributed by atoms with Crippen molar-refractivity contribution < 1.29 is 13.5 Å². The van der Waals surface area contributed by atoms with Crippen LogP contribution in [0.2, 0.25) is 0 Å². The van der Waals surface area contributed by atoms with Gasteiger partial charge in [-0.3, -0.25) is 0 Å². The summed E-state index contributed by atoms with van der Waals surface area (Å²) in [6.45, 7) is 0.107. The second kappa shape index (κ2) is 7.81. The summed E-state index contributed by atoms with van der Waals surface area (Å²) in [5.41, 5.74) is 0.727.